The molecule has 7 nitrogen and oxygen atoms in total. The van der Waals surface area contributed by atoms with E-state index >= 15 is 0 Å². The third-order valence-corrected chi connectivity index (χ3v) is 6.71. The lowest BCUT2D eigenvalue weighted by Gasteiger charge is -2.34. The number of likely N-dealkylation sites (N-methyl/N-ethyl adjacent to an activating group) is 1. The molecule has 8 heteroatoms. The zero-order valence-electron chi connectivity index (χ0n) is 20.5. The Hall–Kier alpha value is -3.16. The average molecular weight is 495 g/mol. The van der Waals surface area contributed by atoms with Crippen LogP contribution >= 0.6 is 11.6 Å². The molecule has 1 aromatic heterocycles. The number of rotatable bonds is 9. The fourth-order valence-corrected chi connectivity index (χ4v) is 4.49. The van der Waals surface area contributed by atoms with Crippen molar-refractivity contribution in [2.45, 2.75) is 19.3 Å². The molecule has 1 fully saturated rings. The van der Waals surface area contributed by atoms with Gasteiger partial charge in [0.15, 0.2) is 0 Å². The second-order valence-electron chi connectivity index (χ2n) is 8.83. The predicted octanol–water partition coefficient (Wildman–Crippen LogP) is 3.84. The van der Waals surface area contributed by atoms with Gasteiger partial charge in [-0.15, -0.1) is 0 Å². The van der Waals surface area contributed by atoms with Crippen molar-refractivity contribution in [3.63, 3.8) is 0 Å². The van der Waals surface area contributed by atoms with Crippen molar-refractivity contribution in [1.29, 1.82) is 0 Å². The van der Waals surface area contributed by atoms with Gasteiger partial charge in [-0.1, -0.05) is 23.7 Å². The summed E-state index contributed by atoms with van der Waals surface area (Å²) < 4.78 is 10.6. The van der Waals surface area contributed by atoms with E-state index < -0.39 is 0 Å². The van der Waals surface area contributed by atoms with Crippen LogP contribution in [-0.4, -0.2) is 68.1 Å². The van der Waals surface area contributed by atoms with Crippen molar-refractivity contribution in [3.8, 4) is 11.5 Å². The number of methoxy groups -OCH3 is 2. The van der Waals surface area contributed by atoms with Gasteiger partial charge in [-0.05, 0) is 42.4 Å². The molecule has 0 atom stereocenters. The molecule has 0 bridgehead atoms. The molecule has 0 saturated carbocycles. The number of Topliss-reactive ketones (excluding diaryl/α,β-unsaturated/α-hetero) is 1. The molecule has 35 heavy (non-hydrogen) atoms. The summed E-state index contributed by atoms with van der Waals surface area (Å²) in [6.45, 7) is 4.27. The van der Waals surface area contributed by atoms with Crippen molar-refractivity contribution in [1.82, 2.24) is 14.9 Å². The van der Waals surface area contributed by atoms with Crippen LogP contribution in [0.2, 0.25) is 5.02 Å². The SMILES string of the molecule is COc1cc(CC(=O)Cc2cc(Cc3ccc(N4CCN(C)CC4)cc3)ncn2)c(Cl)c(OC)c1. The normalized spacial score (nSPS) is 14.1. The van der Waals surface area contributed by atoms with Gasteiger partial charge in [-0.2, -0.15) is 0 Å². The number of hydrogen-bond acceptors (Lipinski definition) is 7. The number of ether oxygens (including phenoxy) is 2. The summed E-state index contributed by atoms with van der Waals surface area (Å²) in [5.41, 5.74) is 4.68. The van der Waals surface area contributed by atoms with E-state index in [4.69, 9.17) is 21.1 Å². The number of benzene rings is 2. The standard InChI is InChI=1S/C27H31ClN4O3/c1-31-8-10-32(11-9-31)23-6-4-19(5-7-23)12-21-15-22(30-18-29-21)16-24(33)13-20-14-25(34-2)17-26(35-3)27(20)28/h4-7,14-15,17-18H,8-13,16H2,1-3H3. The Labute approximate surface area is 211 Å². The molecule has 0 amide bonds. The van der Waals surface area contributed by atoms with Crippen molar-refractivity contribution >= 4 is 23.1 Å². The minimum absolute atomic E-state index is 0.00313. The molecule has 0 aliphatic carbocycles. The van der Waals surface area contributed by atoms with E-state index in [1.807, 2.05) is 6.07 Å². The van der Waals surface area contributed by atoms with Crippen LogP contribution in [0.1, 0.15) is 22.5 Å². The molecule has 4 rings (SSSR count). The largest absolute Gasteiger partial charge is 0.497 e. The van der Waals surface area contributed by atoms with Crippen LogP contribution in [0, 0.1) is 0 Å². The van der Waals surface area contributed by atoms with Crippen molar-refractivity contribution in [2.75, 3.05) is 52.3 Å². The minimum Gasteiger partial charge on any atom is -0.497 e. The van der Waals surface area contributed by atoms with Crippen LogP contribution in [0.5, 0.6) is 11.5 Å². The fraction of sp³-hybridized carbons (Fsp3) is 0.370. The second-order valence-corrected chi connectivity index (χ2v) is 9.21. The number of carbonyl (C=O) groups excluding carboxylic acids is 1. The van der Waals surface area contributed by atoms with Gasteiger partial charge in [0.25, 0.3) is 0 Å². The lowest BCUT2D eigenvalue weighted by molar-refractivity contribution is -0.117. The van der Waals surface area contributed by atoms with E-state index in [-0.39, 0.29) is 18.6 Å². The van der Waals surface area contributed by atoms with Crippen LogP contribution < -0.4 is 14.4 Å². The number of carbonyl (C=O) groups is 1. The number of halogens is 1. The van der Waals surface area contributed by atoms with Gasteiger partial charge >= 0.3 is 0 Å². The zero-order chi connectivity index (χ0) is 24.8. The average Bonchev–Trinajstić information content (AvgIpc) is 2.86. The molecule has 3 aromatic rings. The Morgan fingerprint density at radius 1 is 0.943 bits per heavy atom. The van der Waals surface area contributed by atoms with Crippen LogP contribution in [-0.2, 0) is 24.1 Å². The number of hydrogen-bond donors (Lipinski definition) is 0. The number of ketones is 1. The number of nitrogens with zero attached hydrogens (tertiary/aromatic N) is 4. The quantitative estimate of drug-likeness (QED) is 0.447. The highest BCUT2D eigenvalue weighted by Gasteiger charge is 2.16. The number of aromatic nitrogens is 2. The summed E-state index contributed by atoms with van der Waals surface area (Å²) in [6, 6.07) is 14.0. The molecule has 0 spiro atoms. The summed E-state index contributed by atoms with van der Waals surface area (Å²) >= 11 is 6.40. The fourth-order valence-electron chi connectivity index (χ4n) is 4.24. The van der Waals surface area contributed by atoms with Gasteiger partial charge in [0.05, 0.1) is 24.9 Å². The van der Waals surface area contributed by atoms with Crippen molar-refractivity contribution in [3.05, 3.63) is 76.3 Å². The number of piperazine rings is 1. The van der Waals surface area contributed by atoms with E-state index in [9.17, 15) is 4.79 Å². The van der Waals surface area contributed by atoms with E-state index in [0.717, 1.165) is 31.9 Å². The predicted molar refractivity (Wildman–Crippen MR) is 138 cm³/mol. The molecule has 184 valence electrons. The third-order valence-electron chi connectivity index (χ3n) is 6.28. The molecule has 1 aliphatic rings. The first kappa shape index (κ1) is 24.9. The third kappa shape index (κ3) is 6.50. The molecule has 0 N–H and O–H groups in total. The Morgan fingerprint density at radius 2 is 1.66 bits per heavy atom. The first-order valence-electron chi connectivity index (χ1n) is 11.7. The second kappa shape index (κ2) is 11.5. The van der Waals surface area contributed by atoms with Gasteiger partial charge in [-0.25, -0.2) is 9.97 Å². The molecular weight excluding hydrogens is 464 g/mol. The highest BCUT2D eigenvalue weighted by Crippen LogP contribution is 2.33. The highest BCUT2D eigenvalue weighted by molar-refractivity contribution is 6.33. The molecule has 0 unspecified atom stereocenters. The van der Waals surface area contributed by atoms with E-state index in [2.05, 4.69) is 51.1 Å². The molecular formula is C27H31ClN4O3. The van der Waals surface area contributed by atoms with Gasteiger partial charge < -0.3 is 19.3 Å². The van der Waals surface area contributed by atoms with E-state index in [1.54, 1.807) is 19.2 Å². The van der Waals surface area contributed by atoms with Gasteiger partial charge in [0.1, 0.15) is 23.6 Å². The highest BCUT2D eigenvalue weighted by atomic mass is 35.5. The number of anilines is 1. The Balaban J connectivity index is 1.38. The summed E-state index contributed by atoms with van der Waals surface area (Å²) in [4.78, 5) is 26.3. The minimum atomic E-state index is 0.00313. The van der Waals surface area contributed by atoms with Crippen LogP contribution in [0.3, 0.4) is 0 Å². The maximum absolute atomic E-state index is 12.8. The molecule has 2 heterocycles. The van der Waals surface area contributed by atoms with E-state index in [1.165, 1.54) is 24.7 Å². The lowest BCUT2D eigenvalue weighted by atomic mass is 10.0. The van der Waals surface area contributed by atoms with Gasteiger partial charge in [0.2, 0.25) is 0 Å². The summed E-state index contributed by atoms with van der Waals surface area (Å²) in [5.74, 6) is 1.08. The first-order valence-corrected chi connectivity index (χ1v) is 12.1. The maximum Gasteiger partial charge on any atom is 0.143 e. The maximum atomic E-state index is 12.8. The lowest BCUT2D eigenvalue weighted by Crippen LogP contribution is -2.44. The Morgan fingerprint density at radius 3 is 2.34 bits per heavy atom. The van der Waals surface area contributed by atoms with Crippen LogP contribution in [0.25, 0.3) is 0 Å². The molecule has 1 aliphatic heterocycles. The van der Waals surface area contributed by atoms with Crippen LogP contribution in [0.15, 0.2) is 48.8 Å². The van der Waals surface area contributed by atoms with Gasteiger partial charge in [-0.3, -0.25) is 4.79 Å². The Bertz CT molecular complexity index is 1160. The summed E-state index contributed by atoms with van der Waals surface area (Å²) in [7, 11) is 5.26. The van der Waals surface area contributed by atoms with Crippen molar-refractivity contribution in [2.24, 2.45) is 0 Å². The van der Waals surface area contributed by atoms with Crippen molar-refractivity contribution < 1.29 is 14.3 Å². The monoisotopic (exact) mass is 494 g/mol. The smallest absolute Gasteiger partial charge is 0.143 e. The Kier molecular flexibility index (Phi) is 8.21. The molecule has 0 radical (unpaired) electrons. The summed E-state index contributed by atoms with van der Waals surface area (Å²) in [5, 5.41) is 0.421. The van der Waals surface area contributed by atoms with Crippen LogP contribution in [0.4, 0.5) is 5.69 Å². The topological polar surface area (TPSA) is 67.8 Å². The van der Waals surface area contributed by atoms with Gasteiger partial charge in [0, 0.05) is 62.9 Å². The zero-order valence-corrected chi connectivity index (χ0v) is 21.2. The summed E-state index contributed by atoms with van der Waals surface area (Å²) in [6.07, 6.45) is 2.58. The first-order chi connectivity index (χ1) is 16.9. The molecule has 1 saturated heterocycles. The molecule has 2 aromatic carbocycles. The van der Waals surface area contributed by atoms with E-state index in [0.29, 0.717) is 34.2 Å².